The van der Waals surface area contributed by atoms with Gasteiger partial charge in [-0.05, 0) is 6.92 Å². The first-order chi connectivity index (χ1) is 5.66. The van der Waals surface area contributed by atoms with Crippen molar-refractivity contribution < 1.29 is 9.53 Å². The van der Waals surface area contributed by atoms with Crippen LogP contribution in [0.4, 0.5) is 5.82 Å². The average Bonchev–Trinajstić information content (AvgIpc) is 2.34. The Hall–Kier alpha value is -1.52. The number of hydrogen-bond donors (Lipinski definition) is 1. The molecule has 0 saturated heterocycles. The summed E-state index contributed by atoms with van der Waals surface area (Å²) in [6.45, 7) is 2.06. The van der Waals surface area contributed by atoms with E-state index >= 15 is 0 Å². The fourth-order valence-corrected chi connectivity index (χ4v) is 0.796. The Morgan fingerprint density at radius 3 is 2.92 bits per heavy atom. The van der Waals surface area contributed by atoms with E-state index in [1.54, 1.807) is 18.5 Å². The van der Waals surface area contributed by atoms with Crippen molar-refractivity contribution in [2.24, 2.45) is 7.05 Å². The number of aromatic nitrogens is 2. The van der Waals surface area contributed by atoms with Gasteiger partial charge < -0.3 is 15.0 Å². The fraction of sp³-hybridized carbons (Fsp3) is 0.429. The largest absolute Gasteiger partial charge is 0.461 e. The molecule has 0 bridgehead atoms. The molecule has 1 heterocycles. The van der Waals surface area contributed by atoms with Crippen LogP contribution in [0.5, 0.6) is 0 Å². The Morgan fingerprint density at radius 2 is 2.50 bits per heavy atom. The van der Waals surface area contributed by atoms with Crippen LogP contribution in [0.3, 0.4) is 0 Å². The lowest BCUT2D eigenvalue weighted by Gasteiger charge is -1.99. The second-order valence-electron chi connectivity index (χ2n) is 2.31. The van der Waals surface area contributed by atoms with Gasteiger partial charge in [0.1, 0.15) is 5.82 Å². The molecule has 66 valence electrons. The lowest BCUT2D eigenvalue weighted by Crippen LogP contribution is -2.08. The highest BCUT2D eigenvalue weighted by molar-refractivity contribution is 5.92. The topological polar surface area (TPSA) is 70.1 Å². The standard InChI is InChI=1S/C7H11N3O2/c1-3-12-7(11)5-6(8)10(2)4-9-5/h4H,3,8H2,1-2H3. The van der Waals surface area contributed by atoms with Gasteiger partial charge in [-0.1, -0.05) is 0 Å². The minimum Gasteiger partial charge on any atom is -0.461 e. The summed E-state index contributed by atoms with van der Waals surface area (Å²) in [6, 6.07) is 0. The molecule has 0 saturated carbocycles. The first kappa shape index (κ1) is 8.58. The highest BCUT2D eigenvalue weighted by Gasteiger charge is 2.14. The van der Waals surface area contributed by atoms with Crippen LogP contribution in [0, 0.1) is 0 Å². The molecule has 0 atom stereocenters. The van der Waals surface area contributed by atoms with Gasteiger partial charge in [-0.25, -0.2) is 9.78 Å². The highest BCUT2D eigenvalue weighted by atomic mass is 16.5. The minimum atomic E-state index is -0.476. The molecular formula is C7H11N3O2. The maximum absolute atomic E-state index is 11.1. The van der Waals surface area contributed by atoms with Gasteiger partial charge in [-0.15, -0.1) is 0 Å². The number of nitrogens with zero attached hydrogens (tertiary/aromatic N) is 2. The molecule has 0 amide bonds. The number of aryl methyl sites for hydroxylation is 1. The van der Waals surface area contributed by atoms with Crippen molar-refractivity contribution in [3.63, 3.8) is 0 Å². The number of hydrogen-bond acceptors (Lipinski definition) is 4. The molecule has 0 aliphatic rings. The summed E-state index contributed by atoms with van der Waals surface area (Å²) in [6.07, 6.45) is 1.47. The van der Waals surface area contributed by atoms with Crippen LogP contribution >= 0.6 is 0 Å². The molecule has 1 aromatic rings. The van der Waals surface area contributed by atoms with Gasteiger partial charge in [0.15, 0.2) is 5.69 Å². The van der Waals surface area contributed by atoms with E-state index in [1.807, 2.05) is 0 Å². The summed E-state index contributed by atoms with van der Waals surface area (Å²) in [5.41, 5.74) is 5.71. The molecule has 0 fully saturated rings. The number of imidazole rings is 1. The van der Waals surface area contributed by atoms with E-state index in [4.69, 9.17) is 10.5 Å². The Bertz CT molecular complexity index is 293. The van der Waals surface area contributed by atoms with E-state index in [9.17, 15) is 4.79 Å². The van der Waals surface area contributed by atoms with Crippen molar-refractivity contribution in [3.8, 4) is 0 Å². The van der Waals surface area contributed by atoms with E-state index in [-0.39, 0.29) is 5.69 Å². The minimum absolute atomic E-state index is 0.180. The first-order valence-electron chi connectivity index (χ1n) is 3.60. The lowest BCUT2D eigenvalue weighted by molar-refractivity contribution is 0.0521. The predicted molar refractivity (Wildman–Crippen MR) is 43.6 cm³/mol. The number of nitrogen functional groups attached to an aromatic ring is 1. The zero-order valence-electron chi connectivity index (χ0n) is 7.07. The van der Waals surface area contributed by atoms with Crippen molar-refractivity contribution in [2.75, 3.05) is 12.3 Å². The van der Waals surface area contributed by atoms with Gasteiger partial charge in [0.2, 0.25) is 0 Å². The van der Waals surface area contributed by atoms with Crippen molar-refractivity contribution in [1.82, 2.24) is 9.55 Å². The van der Waals surface area contributed by atoms with E-state index in [0.717, 1.165) is 0 Å². The average molecular weight is 169 g/mol. The Balaban J connectivity index is 2.88. The second-order valence-corrected chi connectivity index (χ2v) is 2.31. The molecule has 5 nitrogen and oxygen atoms in total. The molecule has 2 N–H and O–H groups in total. The number of rotatable bonds is 2. The monoisotopic (exact) mass is 169 g/mol. The maximum atomic E-state index is 11.1. The smallest absolute Gasteiger partial charge is 0.360 e. The van der Waals surface area contributed by atoms with Gasteiger partial charge in [-0.2, -0.15) is 0 Å². The molecule has 0 aliphatic carbocycles. The van der Waals surface area contributed by atoms with Crippen LogP contribution in [0.2, 0.25) is 0 Å². The van der Waals surface area contributed by atoms with Crippen molar-refractivity contribution >= 4 is 11.8 Å². The molecule has 0 radical (unpaired) electrons. The number of nitrogens with two attached hydrogens (primary N) is 1. The third-order valence-corrected chi connectivity index (χ3v) is 1.45. The normalized spacial score (nSPS) is 9.83. The van der Waals surface area contributed by atoms with Crippen LogP contribution in [-0.2, 0) is 11.8 Å². The zero-order valence-corrected chi connectivity index (χ0v) is 7.07. The third-order valence-electron chi connectivity index (χ3n) is 1.45. The SMILES string of the molecule is CCOC(=O)c1ncn(C)c1N. The quantitative estimate of drug-likeness (QED) is 0.641. The summed E-state index contributed by atoms with van der Waals surface area (Å²) in [5, 5.41) is 0. The Morgan fingerprint density at radius 1 is 1.83 bits per heavy atom. The molecule has 0 spiro atoms. The molecule has 1 rings (SSSR count). The zero-order chi connectivity index (χ0) is 9.14. The lowest BCUT2D eigenvalue weighted by atomic mass is 10.4. The Kier molecular flexibility index (Phi) is 2.32. The van der Waals surface area contributed by atoms with E-state index in [0.29, 0.717) is 12.4 Å². The summed E-state index contributed by atoms with van der Waals surface area (Å²) < 4.78 is 6.29. The van der Waals surface area contributed by atoms with Gasteiger partial charge >= 0.3 is 5.97 Å². The number of carbonyl (C=O) groups excluding carboxylic acids is 1. The molecule has 0 aromatic carbocycles. The summed E-state index contributed by atoms with van der Waals surface area (Å²) in [5.74, 6) is -0.149. The van der Waals surface area contributed by atoms with E-state index in [1.165, 1.54) is 6.33 Å². The van der Waals surface area contributed by atoms with Crippen LogP contribution in [0.15, 0.2) is 6.33 Å². The number of carbonyl (C=O) groups is 1. The van der Waals surface area contributed by atoms with Crippen LogP contribution in [0.25, 0.3) is 0 Å². The van der Waals surface area contributed by atoms with Crippen LogP contribution in [0.1, 0.15) is 17.4 Å². The molecule has 1 aromatic heterocycles. The van der Waals surface area contributed by atoms with Gasteiger partial charge in [-0.3, -0.25) is 0 Å². The van der Waals surface area contributed by atoms with Crippen molar-refractivity contribution in [2.45, 2.75) is 6.92 Å². The molecular weight excluding hydrogens is 158 g/mol. The maximum Gasteiger partial charge on any atom is 0.360 e. The van der Waals surface area contributed by atoms with Crippen molar-refractivity contribution in [3.05, 3.63) is 12.0 Å². The molecule has 0 unspecified atom stereocenters. The van der Waals surface area contributed by atoms with Gasteiger partial charge in [0.25, 0.3) is 0 Å². The summed E-state index contributed by atoms with van der Waals surface area (Å²) >= 11 is 0. The number of anilines is 1. The number of esters is 1. The second kappa shape index (κ2) is 3.25. The molecule has 5 heteroatoms. The number of ether oxygens (including phenoxy) is 1. The molecule has 0 aliphatic heterocycles. The fourth-order valence-electron chi connectivity index (χ4n) is 0.796. The van der Waals surface area contributed by atoms with Gasteiger partial charge in [0, 0.05) is 7.05 Å². The predicted octanol–water partition coefficient (Wildman–Crippen LogP) is 0.179. The van der Waals surface area contributed by atoms with Gasteiger partial charge in [0.05, 0.1) is 12.9 Å². The van der Waals surface area contributed by atoms with Crippen LogP contribution < -0.4 is 5.73 Å². The van der Waals surface area contributed by atoms with Crippen LogP contribution in [-0.4, -0.2) is 22.1 Å². The summed E-state index contributed by atoms with van der Waals surface area (Å²) in [7, 11) is 1.71. The Labute approximate surface area is 70.1 Å². The molecule has 12 heavy (non-hydrogen) atoms. The van der Waals surface area contributed by atoms with Crippen molar-refractivity contribution in [1.29, 1.82) is 0 Å². The van der Waals surface area contributed by atoms with E-state index < -0.39 is 5.97 Å². The third kappa shape index (κ3) is 1.39. The first-order valence-corrected chi connectivity index (χ1v) is 3.60. The highest BCUT2D eigenvalue weighted by Crippen LogP contribution is 2.08. The van der Waals surface area contributed by atoms with E-state index in [2.05, 4.69) is 4.98 Å². The summed E-state index contributed by atoms with van der Waals surface area (Å²) in [4.78, 5) is 14.9.